The standard InChI is InChI=1S/C14H14.C3H9NO/c1-3-7-13(8-4-1)11-12-14-9-5-2-6-10-14;1-3(5)2-4/h1-10H,11-12H2;3,5H,2,4H2,1H3. The minimum absolute atomic E-state index is 0.338. The van der Waals surface area contributed by atoms with Gasteiger partial charge < -0.3 is 10.8 Å². The third-order valence-corrected chi connectivity index (χ3v) is 2.73. The molecule has 0 aliphatic carbocycles. The highest BCUT2D eigenvalue weighted by Gasteiger charge is 1.93. The van der Waals surface area contributed by atoms with Crippen molar-refractivity contribution < 1.29 is 5.11 Å². The number of hydrogen-bond acceptors (Lipinski definition) is 2. The van der Waals surface area contributed by atoms with Crippen molar-refractivity contribution in [2.24, 2.45) is 5.73 Å². The first-order chi connectivity index (χ1) is 9.22. The zero-order chi connectivity index (χ0) is 13.9. The van der Waals surface area contributed by atoms with Crippen molar-refractivity contribution in [2.45, 2.75) is 25.9 Å². The monoisotopic (exact) mass is 257 g/mol. The summed E-state index contributed by atoms with van der Waals surface area (Å²) in [6.07, 6.45) is 1.92. The maximum absolute atomic E-state index is 8.24. The highest BCUT2D eigenvalue weighted by molar-refractivity contribution is 5.19. The minimum atomic E-state index is -0.338. The topological polar surface area (TPSA) is 46.2 Å². The number of aliphatic hydroxyl groups is 1. The normalized spacial score (nSPS) is 11.3. The number of nitrogens with two attached hydrogens (primary N) is 1. The van der Waals surface area contributed by atoms with Crippen molar-refractivity contribution in [3.8, 4) is 0 Å². The Labute approximate surface area is 115 Å². The Hall–Kier alpha value is -1.64. The molecule has 0 spiro atoms. The Morgan fingerprint density at radius 3 is 1.42 bits per heavy atom. The van der Waals surface area contributed by atoms with Crippen molar-refractivity contribution in [1.82, 2.24) is 0 Å². The van der Waals surface area contributed by atoms with Gasteiger partial charge >= 0.3 is 0 Å². The van der Waals surface area contributed by atoms with E-state index in [1.165, 1.54) is 11.1 Å². The molecule has 2 heteroatoms. The molecule has 0 heterocycles. The highest BCUT2D eigenvalue weighted by Crippen LogP contribution is 2.06. The lowest BCUT2D eigenvalue weighted by atomic mass is 10.0. The molecule has 102 valence electrons. The van der Waals surface area contributed by atoms with Crippen LogP contribution in [0, 0.1) is 0 Å². The van der Waals surface area contributed by atoms with Gasteiger partial charge in [-0.2, -0.15) is 0 Å². The van der Waals surface area contributed by atoms with Crippen LogP contribution < -0.4 is 5.73 Å². The van der Waals surface area contributed by atoms with E-state index in [0.29, 0.717) is 6.54 Å². The molecule has 1 unspecified atom stereocenters. The van der Waals surface area contributed by atoms with Gasteiger partial charge in [-0.3, -0.25) is 0 Å². The smallest absolute Gasteiger partial charge is 0.0634 e. The van der Waals surface area contributed by atoms with Crippen molar-refractivity contribution >= 4 is 0 Å². The van der Waals surface area contributed by atoms with E-state index in [1.54, 1.807) is 6.92 Å². The van der Waals surface area contributed by atoms with Gasteiger partial charge in [0, 0.05) is 6.54 Å². The number of aryl methyl sites for hydroxylation is 2. The van der Waals surface area contributed by atoms with E-state index in [-0.39, 0.29) is 6.10 Å². The van der Waals surface area contributed by atoms with Crippen LogP contribution in [0.5, 0.6) is 0 Å². The summed E-state index contributed by atoms with van der Waals surface area (Å²) < 4.78 is 0. The molecule has 0 aromatic heterocycles. The molecule has 19 heavy (non-hydrogen) atoms. The molecule has 0 amide bonds. The summed E-state index contributed by atoms with van der Waals surface area (Å²) in [6, 6.07) is 21.2. The lowest BCUT2D eigenvalue weighted by Crippen LogP contribution is -2.14. The molecule has 0 saturated carbocycles. The van der Waals surface area contributed by atoms with Gasteiger partial charge in [0.1, 0.15) is 0 Å². The van der Waals surface area contributed by atoms with E-state index in [4.69, 9.17) is 10.8 Å². The molecule has 3 N–H and O–H groups in total. The Balaban J connectivity index is 0.000000312. The molecule has 0 aliphatic heterocycles. The summed E-state index contributed by atoms with van der Waals surface area (Å²) >= 11 is 0. The molecule has 2 rings (SSSR count). The Bertz CT molecular complexity index is 386. The number of benzene rings is 2. The largest absolute Gasteiger partial charge is 0.392 e. The first-order valence-electron chi connectivity index (χ1n) is 6.68. The molecule has 2 nitrogen and oxygen atoms in total. The first-order valence-corrected chi connectivity index (χ1v) is 6.68. The summed E-state index contributed by atoms with van der Waals surface area (Å²) in [5, 5.41) is 8.24. The fourth-order valence-corrected chi connectivity index (χ4v) is 1.58. The Kier molecular flexibility index (Phi) is 7.56. The molecule has 0 radical (unpaired) electrons. The third-order valence-electron chi connectivity index (χ3n) is 2.73. The van der Waals surface area contributed by atoms with Gasteiger partial charge in [0.2, 0.25) is 0 Å². The van der Waals surface area contributed by atoms with Gasteiger partial charge in [0.25, 0.3) is 0 Å². The molecular weight excluding hydrogens is 234 g/mol. The van der Waals surface area contributed by atoms with E-state index >= 15 is 0 Å². The summed E-state index contributed by atoms with van der Waals surface area (Å²) in [5.41, 5.74) is 7.75. The van der Waals surface area contributed by atoms with Crippen LogP contribution >= 0.6 is 0 Å². The summed E-state index contributed by atoms with van der Waals surface area (Å²) in [6.45, 7) is 2.01. The number of rotatable bonds is 4. The zero-order valence-electron chi connectivity index (χ0n) is 11.5. The summed E-state index contributed by atoms with van der Waals surface area (Å²) in [7, 11) is 0. The fourth-order valence-electron chi connectivity index (χ4n) is 1.58. The fraction of sp³-hybridized carbons (Fsp3) is 0.294. The summed E-state index contributed by atoms with van der Waals surface area (Å²) in [4.78, 5) is 0. The van der Waals surface area contributed by atoms with E-state index in [2.05, 4.69) is 60.7 Å². The molecule has 0 fully saturated rings. The Morgan fingerprint density at radius 1 is 0.842 bits per heavy atom. The second kappa shape index (κ2) is 9.31. The molecule has 0 saturated heterocycles. The van der Waals surface area contributed by atoms with Crippen LogP contribution in [0.1, 0.15) is 18.1 Å². The van der Waals surface area contributed by atoms with E-state index < -0.39 is 0 Å². The first kappa shape index (κ1) is 15.4. The van der Waals surface area contributed by atoms with Crippen LogP contribution in [-0.2, 0) is 12.8 Å². The van der Waals surface area contributed by atoms with Gasteiger partial charge in [-0.15, -0.1) is 0 Å². The molecule has 0 aliphatic rings. The van der Waals surface area contributed by atoms with E-state index in [1.807, 2.05) is 0 Å². The van der Waals surface area contributed by atoms with Crippen LogP contribution in [0.2, 0.25) is 0 Å². The van der Waals surface area contributed by atoms with Gasteiger partial charge in [0.15, 0.2) is 0 Å². The van der Waals surface area contributed by atoms with Crippen molar-refractivity contribution in [2.75, 3.05) is 6.54 Å². The van der Waals surface area contributed by atoms with Crippen molar-refractivity contribution in [3.63, 3.8) is 0 Å². The van der Waals surface area contributed by atoms with Gasteiger partial charge in [0.05, 0.1) is 6.10 Å². The van der Waals surface area contributed by atoms with Gasteiger partial charge in [-0.05, 0) is 30.9 Å². The predicted molar refractivity (Wildman–Crippen MR) is 81.0 cm³/mol. The van der Waals surface area contributed by atoms with E-state index in [9.17, 15) is 0 Å². The lowest BCUT2D eigenvalue weighted by Gasteiger charge is -2.01. The average molecular weight is 257 g/mol. The maximum Gasteiger partial charge on any atom is 0.0634 e. The number of aliphatic hydroxyl groups excluding tert-OH is 1. The predicted octanol–water partition coefficient (Wildman–Crippen LogP) is 2.80. The summed E-state index contributed by atoms with van der Waals surface area (Å²) in [5.74, 6) is 0. The molecule has 2 aromatic carbocycles. The average Bonchev–Trinajstić information content (AvgIpc) is 2.48. The molecule has 0 bridgehead atoms. The van der Waals surface area contributed by atoms with Gasteiger partial charge in [-0.25, -0.2) is 0 Å². The quantitative estimate of drug-likeness (QED) is 0.884. The van der Waals surface area contributed by atoms with Crippen LogP contribution in [0.25, 0.3) is 0 Å². The van der Waals surface area contributed by atoms with Crippen molar-refractivity contribution in [1.29, 1.82) is 0 Å². The van der Waals surface area contributed by atoms with Crippen LogP contribution in [0.15, 0.2) is 60.7 Å². The molecule has 1 atom stereocenters. The second-order valence-corrected chi connectivity index (χ2v) is 4.56. The zero-order valence-corrected chi connectivity index (χ0v) is 11.5. The van der Waals surface area contributed by atoms with Gasteiger partial charge in [-0.1, -0.05) is 60.7 Å². The van der Waals surface area contributed by atoms with Crippen molar-refractivity contribution in [3.05, 3.63) is 71.8 Å². The van der Waals surface area contributed by atoms with Crippen LogP contribution in [0.4, 0.5) is 0 Å². The maximum atomic E-state index is 8.24. The lowest BCUT2D eigenvalue weighted by molar-refractivity contribution is 0.203. The van der Waals surface area contributed by atoms with Crippen LogP contribution in [0.3, 0.4) is 0 Å². The van der Waals surface area contributed by atoms with E-state index in [0.717, 1.165) is 12.8 Å². The molecule has 2 aromatic rings. The molecular formula is C17H23NO. The number of hydrogen-bond donors (Lipinski definition) is 2. The van der Waals surface area contributed by atoms with Crippen LogP contribution in [-0.4, -0.2) is 17.8 Å². The minimum Gasteiger partial charge on any atom is -0.392 e. The highest BCUT2D eigenvalue weighted by atomic mass is 16.3. The Morgan fingerprint density at radius 2 is 1.16 bits per heavy atom. The third kappa shape index (κ3) is 7.39. The SMILES string of the molecule is CC(O)CN.c1ccc(CCc2ccccc2)cc1. The second-order valence-electron chi connectivity index (χ2n) is 4.56.